The Balaban J connectivity index is 1.88. The van der Waals surface area contributed by atoms with E-state index in [2.05, 4.69) is 10.2 Å². The van der Waals surface area contributed by atoms with Crippen LogP contribution in [0.2, 0.25) is 5.02 Å². The third-order valence-electron chi connectivity index (χ3n) is 4.11. The molecule has 0 saturated heterocycles. The van der Waals surface area contributed by atoms with Gasteiger partial charge in [0.2, 0.25) is 0 Å². The first-order valence-electron chi connectivity index (χ1n) is 7.89. The van der Waals surface area contributed by atoms with Crippen LogP contribution in [0, 0.1) is 6.92 Å². The Morgan fingerprint density at radius 2 is 1.76 bits per heavy atom. The van der Waals surface area contributed by atoms with Crippen molar-refractivity contribution < 1.29 is 0 Å². The molecule has 0 saturated carbocycles. The zero-order valence-corrected chi connectivity index (χ0v) is 14.3. The molecule has 0 aliphatic heterocycles. The van der Waals surface area contributed by atoms with E-state index in [1.54, 1.807) is 10.9 Å². The lowest BCUT2D eigenvalue weighted by molar-refractivity contribution is 0.635. The van der Waals surface area contributed by atoms with Crippen molar-refractivity contribution in [2.75, 3.05) is 0 Å². The highest BCUT2D eigenvalue weighted by Gasteiger charge is 2.15. The van der Waals surface area contributed by atoms with Crippen LogP contribution >= 0.6 is 11.6 Å². The summed E-state index contributed by atoms with van der Waals surface area (Å²) < 4.78 is 3.15. The molecule has 2 aromatic heterocycles. The minimum Gasteiger partial charge on any atom is -0.265 e. The summed E-state index contributed by atoms with van der Waals surface area (Å²) in [5, 5.41) is 10.3. The van der Waals surface area contributed by atoms with Crippen molar-refractivity contribution in [3.63, 3.8) is 0 Å². The molecule has 5 nitrogen and oxygen atoms in total. The predicted octanol–water partition coefficient (Wildman–Crippen LogP) is 3.59. The van der Waals surface area contributed by atoms with Gasteiger partial charge in [0.15, 0.2) is 0 Å². The van der Waals surface area contributed by atoms with Gasteiger partial charge in [-0.15, -0.1) is 0 Å². The van der Waals surface area contributed by atoms with Gasteiger partial charge >= 0.3 is 0 Å². The van der Waals surface area contributed by atoms with Crippen LogP contribution in [0.15, 0.2) is 65.6 Å². The number of aryl methyl sites for hydroxylation is 1. The average Bonchev–Trinajstić information content (AvgIpc) is 3.08. The van der Waals surface area contributed by atoms with Gasteiger partial charge in [-0.3, -0.25) is 4.79 Å². The van der Waals surface area contributed by atoms with E-state index in [1.807, 2.05) is 61.5 Å². The summed E-state index contributed by atoms with van der Waals surface area (Å²) in [5.41, 5.74) is 2.94. The Morgan fingerprint density at radius 3 is 2.48 bits per heavy atom. The van der Waals surface area contributed by atoms with Crippen LogP contribution in [0.25, 0.3) is 16.6 Å². The van der Waals surface area contributed by atoms with Crippen LogP contribution in [0.1, 0.15) is 11.3 Å². The predicted molar refractivity (Wildman–Crippen MR) is 98.4 cm³/mol. The third kappa shape index (κ3) is 2.83. The smallest absolute Gasteiger partial charge is 0.265 e. The molecule has 0 amide bonds. The Morgan fingerprint density at radius 1 is 1.04 bits per heavy atom. The highest BCUT2D eigenvalue weighted by atomic mass is 35.5. The van der Waals surface area contributed by atoms with Crippen molar-refractivity contribution in [1.82, 2.24) is 19.6 Å². The summed E-state index contributed by atoms with van der Waals surface area (Å²) >= 11 is 5.93. The lowest BCUT2D eigenvalue weighted by Gasteiger charge is -2.09. The molecule has 2 aromatic carbocycles. The quantitative estimate of drug-likeness (QED) is 0.567. The maximum atomic E-state index is 13.0. The van der Waals surface area contributed by atoms with Crippen LogP contribution in [0.5, 0.6) is 0 Å². The molecule has 2 heterocycles. The normalized spacial score (nSPS) is 11.1. The second-order valence-electron chi connectivity index (χ2n) is 5.83. The van der Waals surface area contributed by atoms with Crippen LogP contribution in [-0.2, 0) is 6.54 Å². The first-order chi connectivity index (χ1) is 12.1. The van der Waals surface area contributed by atoms with E-state index in [1.165, 1.54) is 4.68 Å². The second-order valence-corrected chi connectivity index (χ2v) is 6.27. The van der Waals surface area contributed by atoms with Gasteiger partial charge in [-0.2, -0.15) is 10.2 Å². The first kappa shape index (κ1) is 15.6. The highest BCUT2D eigenvalue weighted by molar-refractivity contribution is 6.30. The number of nitrogens with zero attached hydrogens (tertiary/aromatic N) is 4. The Hall–Kier alpha value is -2.92. The molecule has 0 aliphatic carbocycles. The number of halogens is 1. The zero-order valence-electron chi connectivity index (χ0n) is 13.6. The number of para-hydroxylation sites is 1. The van der Waals surface area contributed by atoms with Gasteiger partial charge in [-0.05, 0) is 36.8 Å². The zero-order chi connectivity index (χ0) is 17.4. The number of rotatable bonds is 3. The summed E-state index contributed by atoms with van der Waals surface area (Å²) in [6.07, 6.45) is 1.69. The van der Waals surface area contributed by atoms with Gasteiger partial charge in [0, 0.05) is 10.4 Å². The molecule has 6 heteroatoms. The van der Waals surface area contributed by atoms with E-state index in [9.17, 15) is 4.79 Å². The fourth-order valence-electron chi connectivity index (χ4n) is 2.86. The summed E-state index contributed by atoms with van der Waals surface area (Å²) in [6.45, 7) is 2.27. The monoisotopic (exact) mass is 350 g/mol. The number of hydrogen-bond acceptors (Lipinski definition) is 3. The standard InChI is InChI=1S/C19H15ClN4O/c1-13-17-11-21-24(16-5-3-2-4-6-16)18(17)19(25)23(22-13)12-14-7-9-15(20)10-8-14/h2-11H,12H2,1H3. The molecule has 0 N–H and O–H groups in total. The van der Waals surface area contributed by atoms with Gasteiger partial charge < -0.3 is 0 Å². The SMILES string of the molecule is Cc1nn(Cc2ccc(Cl)cc2)c(=O)c2c1cnn2-c1ccccc1. The van der Waals surface area contributed by atoms with Crippen molar-refractivity contribution in [3.8, 4) is 5.69 Å². The number of benzene rings is 2. The van der Waals surface area contributed by atoms with Gasteiger partial charge in [0.1, 0.15) is 5.52 Å². The molecule has 4 aromatic rings. The molecular weight excluding hydrogens is 336 g/mol. The molecule has 4 rings (SSSR count). The summed E-state index contributed by atoms with van der Waals surface area (Å²) in [7, 11) is 0. The van der Waals surface area contributed by atoms with Gasteiger partial charge in [0.05, 0.1) is 24.1 Å². The molecule has 124 valence electrons. The Kier molecular flexibility index (Phi) is 3.86. The average molecular weight is 351 g/mol. The fraction of sp³-hybridized carbons (Fsp3) is 0.105. The lowest BCUT2D eigenvalue weighted by Crippen LogP contribution is -2.26. The van der Waals surface area contributed by atoms with Crippen LogP contribution in [0.3, 0.4) is 0 Å². The second kappa shape index (κ2) is 6.18. The van der Waals surface area contributed by atoms with Crippen molar-refractivity contribution in [2.45, 2.75) is 13.5 Å². The molecular formula is C19H15ClN4O. The van der Waals surface area contributed by atoms with Crippen LogP contribution < -0.4 is 5.56 Å². The lowest BCUT2D eigenvalue weighted by atomic mass is 10.2. The Bertz CT molecular complexity index is 1100. The van der Waals surface area contributed by atoms with E-state index in [-0.39, 0.29) is 5.56 Å². The highest BCUT2D eigenvalue weighted by Crippen LogP contribution is 2.17. The molecule has 0 aliphatic rings. The van der Waals surface area contributed by atoms with Crippen molar-refractivity contribution >= 4 is 22.5 Å². The van der Waals surface area contributed by atoms with Gasteiger partial charge in [0.25, 0.3) is 5.56 Å². The van der Waals surface area contributed by atoms with E-state index < -0.39 is 0 Å². The molecule has 0 fully saturated rings. The van der Waals surface area contributed by atoms with E-state index in [4.69, 9.17) is 11.6 Å². The third-order valence-corrected chi connectivity index (χ3v) is 4.37. The fourth-order valence-corrected chi connectivity index (χ4v) is 2.98. The van der Waals surface area contributed by atoms with E-state index in [0.29, 0.717) is 17.1 Å². The molecule has 0 unspecified atom stereocenters. The van der Waals surface area contributed by atoms with Crippen molar-refractivity contribution in [2.24, 2.45) is 0 Å². The van der Waals surface area contributed by atoms with E-state index >= 15 is 0 Å². The van der Waals surface area contributed by atoms with Crippen molar-refractivity contribution in [1.29, 1.82) is 0 Å². The largest absolute Gasteiger partial charge is 0.293 e. The number of aromatic nitrogens is 4. The summed E-state index contributed by atoms with van der Waals surface area (Å²) in [4.78, 5) is 13.0. The minimum atomic E-state index is -0.170. The minimum absolute atomic E-state index is 0.170. The van der Waals surface area contributed by atoms with Gasteiger partial charge in [-0.25, -0.2) is 9.36 Å². The molecule has 0 radical (unpaired) electrons. The van der Waals surface area contributed by atoms with Crippen LogP contribution in [0.4, 0.5) is 0 Å². The molecule has 0 bridgehead atoms. The summed E-state index contributed by atoms with van der Waals surface area (Å²) in [6, 6.07) is 17.0. The van der Waals surface area contributed by atoms with Gasteiger partial charge in [-0.1, -0.05) is 41.9 Å². The topological polar surface area (TPSA) is 52.7 Å². The van der Waals surface area contributed by atoms with Crippen molar-refractivity contribution in [3.05, 3.63) is 87.4 Å². The number of hydrogen-bond donors (Lipinski definition) is 0. The first-order valence-corrected chi connectivity index (χ1v) is 8.26. The van der Waals surface area contributed by atoms with Crippen LogP contribution in [-0.4, -0.2) is 19.6 Å². The molecule has 0 atom stereocenters. The maximum Gasteiger partial charge on any atom is 0.293 e. The maximum absolute atomic E-state index is 13.0. The molecule has 25 heavy (non-hydrogen) atoms. The summed E-state index contributed by atoms with van der Waals surface area (Å²) in [5.74, 6) is 0. The Labute approximate surface area is 149 Å². The van der Waals surface area contributed by atoms with E-state index in [0.717, 1.165) is 22.3 Å². The molecule has 0 spiro atoms. The number of fused-ring (bicyclic) bond motifs is 1.